The molecule has 0 radical (unpaired) electrons. The number of nitrogens with two attached hydrogens (primary N) is 1. The molecule has 1 fully saturated rings. The minimum atomic E-state index is 0.118. The van der Waals surface area contributed by atoms with Gasteiger partial charge in [-0.2, -0.15) is 0 Å². The summed E-state index contributed by atoms with van der Waals surface area (Å²) in [6.45, 7) is 3.39. The van der Waals surface area contributed by atoms with E-state index in [1.165, 1.54) is 49.0 Å². The van der Waals surface area contributed by atoms with Crippen LogP contribution in [0.5, 0.6) is 0 Å². The van der Waals surface area contributed by atoms with Crippen molar-refractivity contribution in [2.45, 2.75) is 25.3 Å². The topological polar surface area (TPSA) is 29.3 Å². The fourth-order valence-electron chi connectivity index (χ4n) is 3.08. The molecule has 2 N–H and O–H groups in total. The summed E-state index contributed by atoms with van der Waals surface area (Å²) in [6.07, 6.45) is 4.01. The van der Waals surface area contributed by atoms with Crippen LogP contribution in [-0.4, -0.2) is 24.5 Å². The van der Waals surface area contributed by atoms with Crippen molar-refractivity contribution in [1.82, 2.24) is 4.90 Å². The molecule has 1 saturated heterocycles. The number of hydrogen-bond acceptors (Lipinski definition) is 2. The maximum Gasteiger partial charge on any atom is 0.0424 e. The van der Waals surface area contributed by atoms with Gasteiger partial charge in [-0.15, -0.1) is 0 Å². The van der Waals surface area contributed by atoms with Crippen molar-refractivity contribution >= 4 is 0 Å². The SMILES string of the molecule is NC(CN1CCCCC1)c1ccc(-c2ccccc2)cc1. The molecule has 1 aliphatic rings. The largest absolute Gasteiger partial charge is 0.323 e. The average Bonchev–Trinajstić information content (AvgIpc) is 2.57. The molecule has 0 spiro atoms. The molecular weight excluding hydrogens is 256 g/mol. The van der Waals surface area contributed by atoms with Gasteiger partial charge in [-0.1, -0.05) is 61.0 Å². The normalized spacial score (nSPS) is 17.6. The van der Waals surface area contributed by atoms with E-state index in [1.807, 2.05) is 6.07 Å². The van der Waals surface area contributed by atoms with E-state index in [0.717, 1.165) is 6.54 Å². The van der Waals surface area contributed by atoms with E-state index in [-0.39, 0.29) is 6.04 Å². The van der Waals surface area contributed by atoms with Crippen molar-refractivity contribution in [2.75, 3.05) is 19.6 Å². The van der Waals surface area contributed by atoms with Crippen molar-refractivity contribution in [3.8, 4) is 11.1 Å². The lowest BCUT2D eigenvalue weighted by atomic mass is 10.0. The van der Waals surface area contributed by atoms with Crippen molar-refractivity contribution in [2.24, 2.45) is 5.73 Å². The first kappa shape index (κ1) is 14.3. The van der Waals surface area contributed by atoms with Gasteiger partial charge in [0.15, 0.2) is 0 Å². The van der Waals surface area contributed by atoms with Crippen LogP contribution in [0.3, 0.4) is 0 Å². The lowest BCUT2D eigenvalue weighted by Gasteiger charge is -2.29. The fourth-order valence-corrected chi connectivity index (χ4v) is 3.08. The molecule has 3 rings (SSSR count). The molecule has 2 aromatic carbocycles. The van der Waals surface area contributed by atoms with Crippen LogP contribution in [0.4, 0.5) is 0 Å². The average molecular weight is 280 g/mol. The van der Waals surface area contributed by atoms with Gasteiger partial charge in [0, 0.05) is 12.6 Å². The summed E-state index contributed by atoms with van der Waals surface area (Å²) in [7, 11) is 0. The fraction of sp³-hybridized carbons (Fsp3) is 0.368. The predicted octanol–water partition coefficient (Wildman–Crippen LogP) is 3.84. The Balaban J connectivity index is 1.66. The summed E-state index contributed by atoms with van der Waals surface area (Å²) < 4.78 is 0. The Labute approximate surface area is 127 Å². The van der Waals surface area contributed by atoms with Gasteiger partial charge >= 0.3 is 0 Å². The van der Waals surface area contributed by atoms with E-state index in [9.17, 15) is 0 Å². The molecule has 1 atom stereocenters. The Hall–Kier alpha value is -1.64. The van der Waals surface area contributed by atoms with Crippen LogP contribution in [0.1, 0.15) is 30.9 Å². The standard InChI is InChI=1S/C19H24N2/c20-19(15-21-13-5-2-6-14-21)18-11-9-17(10-12-18)16-7-3-1-4-8-16/h1,3-4,7-12,19H,2,5-6,13-15,20H2. The molecule has 0 saturated carbocycles. The number of likely N-dealkylation sites (tertiary alicyclic amines) is 1. The second kappa shape index (κ2) is 6.88. The van der Waals surface area contributed by atoms with E-state index in [2.05, 4.69) is 53.4 Å². The van der Waals surface area contributed by atoms with Crippen LogP contribution in [0, 0.1) is 0 Å². The number of rotatable bonds is 4. The highest BCUT2D eigenvalue weighted by atomic mass is 15.1. The van der Waals surface area contributed by atoms with Gasteiger partial charge in [0.25, 0.3) is 0 Å². The van der Waals surface area contributed by atoms with Crippen LogP contribution >= 0.6 is 0 Å². The molecule has 0 amide bonds. The summed E-state index contributed by atoms with van der Waals surface area (Å²) in [6, 6.07) is 19.3. The third kappa shape index (κ3) is 3.72. The number of benzene rings is 2. The van der Waals surface area contributed by atoms with Crippen LogP contribution in [0.25, 0.3) is 11.1 Å². The van der Waals surface area contributed by atoms with Crippen LogP contribution < -0.4 is 5.73 Å². The Morgan fingerprint density at radius 1 is 0.810 bits per heavy atom. The highest BCUT2D eigenvalue weighted by Gasteiger charge is 2.14. The predicted molar refractivity (Wildman–Crippen MR) is 89.1 cm³/mol. The molecule has 0 aliphatic carbocycles. The Morgan fingerprint density at radius 2 is 1.43 bits per heavy atom. The monoisotopic (exact) mass is 280 g/mol. The second-order valence-electron chi connectivity index (χ2n) is 5.96. The molecule has 21 heavy (non-hydrogen) atoms. The van der Waals surface area contributed by atoms with Gasteiger partial charge in [-0.05, 0) is 42.6 Å². The molecule has 0 aromatic heterocycles. The van der Waals surface area contributed by atoms with Crippen molar-refractivity contribution in [3.05, 3.63) is 60.2 Å². The van der Waals surface area contributed by atoms with Gasteiger partial charge in [0.2, 0.25) is 0 Å². The second-order valence-corrected chi connectivity index (χ2v) is 5.96. The highest BCUT2D eigenvalue weighted by molar-refractivity contribution is 5.63. The minimum Gasteiger partial charge on any atom is -0.323 e. The maximum absolute atomic E-state index is 6.37. The first-order valence-electron chi connectivity index (χ1n) is 7.96. The number of hydrogen-bond donors (Lipinski definition) is 1. The van der Waals surface area contributed by atoms with Crippen molar-refractivity contribution < 1.29 is 0 Å². The van der Waals surface area contributed by atoms with Crippen LogP contribution in [0.2, 0.25) is 0 Å². The third-order valence-corrected chi connectivity index (χ3v) is 4.35. The van der Waals surface area contributed by atoms with Gasteiger partial charge in [0.05, 0.1) is 0 Å². The zero-order valence-electron chi connectivity index (χ0n) is 12.5. The van der Waals surface area contributed by atoms with E-state index < -0.39 is 0 Å². The molecular formula is C19H24N2. The summed E-state index contributed by atoms with van der Waals surface area (Å²) in [5.41, 5.74) is 10.1. The van der Waals surface area contributed by atoms with Gasteiger partial charge in [-0.25, -0.2) is 0 Å². The lowest BCUT2D eigenvalue weighted by Crippen LogP contribution is -2.36. The van der Waals surface area contributed by atoms with Gasteiger partial charge in [-0.3, -0.25) is 0 Å². The minimum absolute atomic E-state index is 0.118. The van der Waals surface area contributed by atoms with Crippen LogP contribution in [0.15, 0.2) is 54.6 Å². The molecule has 1 aliphatic heterocycles. The summed E-state index contributed by atoms with van der Waals surface area (Å²) in [4.78, 5) is 2.50. The van der Waals surface area contributed by atoms with Gasteiger partial charge in [0.1, 0.15) is 0 Å². The lowest BCUT2D eigenvalue weighted by molar-refractivity contribution is 0.216. The quantitative estimate of drug-likeness (QED) is 0.922. The number of piperidine rings is 1. The van der Waals surface area contributed by atoms with Crippen LogP contribution in [-0.2, 0) is 0 Å². The zero-order chi connectivity index (χ0) is 14.5. The first-order valence-corrected chi connectivity index (χ1v) is 7.96. The molecule has 2 nitrogen and oxygen atoms in total. The maximum atomic E-state index is 6.37. The molecule has 110 valence electrons. The zero-order valence-corrected chi connectivity index (χ0v) is 12.5. The molecule has 0 bridgehead atoms. The number of nitrogens with zero attached hydrogens (tertiary/aromatic N) is 1. The first-order chi connectivity index (χ1) is 10.3. The molecule has 2 heteroatoms. The highest BCUT2D eigenvalue weighted by Crippen LogP contribution is 2.22. The molecule has 1 unspecified atom stereocenters. The van der Waals surface area contributed by atoms with Crippen molar-refractivity contribution in [3.63, 3.8) is 0 Å². The summed E-state index contributed by atoms with van der Waals surface area (Å²) >= 11 is 0. The smallest absolute Gasteiger partial charge is 0.0424 e. The molecule has 2 aromatic rings. The molecule has 1 heterocycles. The summed E-state index contributed by atoms with van der Waals surface area (Å²) in [5.74, 6) is 0. The Kier molecular flexibility index (Phi) is 4.69. The van der Waals surface area contributed by atoms with E-state index >= 15 is 0 Å². The summed E-state index contributed by atoms with van der Waals surface area (Å²) in [5, 5.41) is 0. The Morgan fingerprint density at radius 3 is 2.10 bits per heavy atom. The van der Waals surface area contributed by atoms with E-state index in [0.29, 0.717) is 0 Å². The van der Waals surface area contributed by atoms with E-state index in [1.54, 1.807) is 0 Å². The van der Waals surface area contributed by atoms with Gasteiger partial charge < -0.3 is 10.6 Å². The Bertz CT molecular complexity index is 542. The van der Waals surface area contributed by atoms with Crippen molar-refractivity contribution in [1.29, 1.82) is 0 Å². The van der Waals surface area contributed by atoms with E-state index in [4.69, 9.17) is 5.73 Å². The third-order valence-electron chi connectivity index (χ3n) is 4.35.